The van der Waals surface area contributed by atoms with Crippen molar-refractivity contribution in [3.05, 3.63) is 48.6 Å². The van der Waals surface area contributed by atoms with Gasteiger partial charge >= 0.3 is 6.09 Å². The number of nitrogens with one attached hydrogen (secondary N) is 1. The van der Waals surface area contributed by atoms with Gasteiger partial charge in [0.25, 0.3) is 0 Å². The summed E-state index contributed by atoms with van der Waals surface area (Å²) in [6.45, 7) is 4.54. The monoisotopic (exact) mass is 421 g/mol. The smallest absolute Gasteiger partial charge is 0.408 e. The number of ether oxygens (including phenoxy) is 1. The quantitative estimate of drug-likeness (QED) is 0.712. The highest BCUT2D eigenvalue weighted by Crippen LogP contribution is 2.29. The van der Waals surface area contributed by atoms with Gasteiger partial charge in [-0.05, 0) is 21.5 Å². The molecule has 26 heavy (non-hydrogen) atoms. The number of benzene rings is 1. The summed E-state index contributed by atoms with van der Waals surface area (Å²) >= 11 is 3.37. The molecule has 1 fully saturated rings. The number of carbonyl (C=O) groups is 2. The van der Waals surface area contributed by atoms with Crippen molar-refractivity contribution in [1.29, 1.82) is 0 Å². The van der Waals surface area contributed by atoms with Crippen LogP contribution in [0, 0.1) is 5.92 Å². The van der Waals surface area contributed by atoms with E-state index in [2.05, 4.69) is 33.0 Å². The number of oxime groups is 1. The SMILES string of the molecule is C=CCOC(=O)N[C@@H](Cc1ccccc1)C(=O)N1C[C@@H]2C(Br)=NO[C@@H]2C1. The predicted octanol–water partition coefficient (Wildman–Crippen LogP) is 2.08. The minimum Gasteiger partial charge on any atom is -0.445 e. The van der Waals surface area contributed by atoms with Crippen molar-refractivity contribution in [2.24, 2.45) is 11.1 Å². The standard InChI is InChI=1S/C18H20BrN3O4/c1-2-8-25-18(24)20-14(9-12-6-4-3-5-7-12)17(23)22-10-13-15(11-22)26-21-16(13)19/h2-7,13-15H,1,8-11H2,(H,20,24)/t13-,14-,15+/m0/s1. The first kappa shape index (κ1) is 18.4. The molecule has 0 bridgehead atoms. The number of rotatable bonds is 6. The van der Waals surface area contributed by atoms with Crippen molar-refractivity contribution in [3.63, 3.8) is 0 Å². The van der Waals surface area contributed by atoms with Gasteiger partial charge in [-0.2, -0.15) is 0 Å². The van der Waals surface area contributed by atoms with Crippen LogP contribution in [0.1, 0.15) is 5.56 Å². The van der Waals surface area contributed by atoms with E-state index in [0.717, 1.165) is 10.2 Å². The second kappa shape index (κ2) is 8.35. The number of halogens is 1. The zero-order valence-corrected chi connectivity index (χ0v) is 15.7. The number of fused-ring (bicyclic) bond motifs is 1. The lowest BCUT2D eigenvalue weighted by atomic mass is 10.0. The second-order valence-electron chi connectivity index (χ2n) is 6.18. The van der Waals surface area contributed by atoms with Crippen LogP contribution in [0.5, 0.6) is 0 Å². The largest absolute Gasteiger partial charge is 0.445 e. The van der Waals surface area contributed by atoms with E-state index in [1.165, 1.54) is 6.08 Å². The Balaban J connectivity index is 1.69. The van der Waals surface area contributed by atoms with Gasteiger partial charge in [-0.25, -0.2) is 4.79 Å². The number of hydrogen-bond acceptors (Lipinski definition) is 5. The van der Waals surface area contributed by atoms with Crippen LogP contribution in [-0.2, 0) is 20.8 Å². The molecule has 1 aromatic carbocycles. The Labute approximate surface area is 160 Å². The van der Waals surface area contributed by atoms with E-state index in [1.807, 2.05) is 30.3 Å². The molecule has 0 spiro atoms. The highest BCUT2D eigenvalue weighted by atomic mass is 79.9. The fraction of sp³-hybridized carbons (Fsp3) is 0.389. The van der Waals surface area contributed by atoms with Gasteiger partial charge in [-0.15, -0.1) is 0 Å². The van der Waals surface area contributed by atoms with Crippen molar-refractivity contribution >= 4 is 32.6 Å². The molecule has 0 radical (unpaired) electrons. The van der Waals surface area contributed by atoms with Crippen LogP contribution in [-0.4, -0.2) is 53.4 Å². The van der Waals surface area contributed by atoms with Crippen LogP contribution in [0.3, 0.4) is 0 Å². The van der Waals surface area contributed by atoms with Crippen LogP contribution < -0.4 is 5.32 Å². The topological polar surface area (TPSA) is 80.2 Å². The Morgan fingerprint density at radius 3 is 2.88 bits per heavy atom. The Kier molecular flexibility index (Phi) is 5.92. The average molecular weight is 422 g/mol. The third-order valence-corrected chi connectivity index (χ3v) is 5.10. The van der Waals surface area contributed by atoms with Gasteiger partial charge in [-0.3, -0.25) is 4.79 Å². The van der Waals surface area contributed by atoms with E-state index >= 15 is 0 Å². The molecule has 0 aromatic heterocycles. The number of hydrogen-bond donors (Lipinski definition) is 1. The fourth-order valence-corrected chi connectivity index (χ4v) is 3.59. The average Bonchev–Trinajstić information content (AvgIpc) is 3.22. The molecular weight excluding hydrogens is 402 g/mol. The molecule has 3 atom stereocenters. The van der Waals surface area contributed by atoms with E-state index in [9.17, 15) is 9.59 Å². The van der Waals surface area contributed by atoms with Crippen molar-refractivity contribution in [2.75, 3.05) is 19.7 Å². The van der Waals surface area contributed by atoms with Crippen LogP contribution in [0.15, 0.2) is 48.1 Å². The minimum atomic E-state index is -0.718. The second-order valence-corrected chi connectivity index (χ2v) is 6.99. The molecule has 7 nitrogen and oxygen atoms in total. The van der Waals surface area contributed by atoms with Gasteiger partial charge in [-0.1, -0.05) is 48.1 Å². The van der Waals surface area contributed by atoms with E-state index in [1.54, 1.807) is 4.90 Å². The summed E-state index contributed by atoms with van der Waals surface area (Å²) in [5.41, 5.74) is 0.952. The van der Waals surface area contributed by atoms with Crippen LogP contribution in [0.25, 0.3) is 0 Å². The predicted molar refractivity (Wildman–Crippen MR) is 99.9 cm³/mol. The molecule has 2 heterocycles. The molecule has 2 amide bonds. The fourth-order valence-electron chi connectivity index (χ4n) is 3.06. The first-order valence-electron chi connectivity index (χ1n) is 8.34. The van der Waals surface area contributed by atoms with Crippen molar-refractivity contribution in [2.45, 2.75) is 18.6 Å². The van der Waals surface area contributed by atoms with Crippen molar-refractivity contribution in [3.8, 4) is 0 Å². The van der Waals surface area contributed by atoms with E-state index in [4.69, 9.17) is 9.57 Å². The van der Waals surface area contributed by atoms with Crippen molar-refractivity contribution in [1.82, 2.24) is 10.2 Å². The molecule has 1 N–H and O–H groups in total. The maximum atomic E-state index is 13.0. The first-order chi connectivity index (χ1) is 12.6. The summed E-state index contributed by atoms with van der Waals surface area (Å²) in [5, 5.41) is 6.58. The zero-order valence-electron chi connectivity index (χ0n) is 14.1. The lowest BCUT2D eigenvalue weighted by molar-refractivity contribution is -0.132. The molecule has 0 aliphatic carbocycles. The van der Waals surface area contributed by atoms with Crippen LogP contribution >= 0.6 is 15.9 Å². The summed E-state index contributed by atoms with van der Waals surface area (Å²) < 4.78 is 5.69. The Bertz CT molecular complexity index is 710. The molecule has 2 aliphatic rings. The van der Waals surface area contributed by atoms with E-state index in [-0.39, 0.29) is 24.5 Å². The Hall–Kier alpha value is -2.35. The van der Waals surface area contributed by atoms with Gasteiger partial charge in [0.1, 0.15) is 17.3 Å². The molecule has 0 saturated carbocycles. The molecular formula is C18H20BrN3O4. The Morgan fingerprint density at radius 2 is 2.19 bits per heavy atom. The molecule has 1 aromatic rings. The first-order valence-corrected chi connectivity index (χ1v) is 9.14. The maximum Gasteiger partial charge on any atom is 0.408 e. The summed E-state index contributed by atoms with van der Waals surface area (Å²) in [4.78, 5) is 32.0. The molecule has 3 rings (SSSR count). The van der Waals surface area contributed by atoms with Gasteiger partial charge in [0.2, 0.25) is 5.91 Å². The van der Waals surface area contributed by atoms with Crippen molar-refractivity contribution < 1.29 is 19.2 Å². The van der Waals surface area contributed by atoms with Gasteiger partial charge in [0, 0.05) is 13.0 Å². The van der Waals surface area contributed by atoms with Crippen LogP contribution in [0.4, 0.5) is 4.79 Å². The third-order valence-electron chi connectivity index (χ3n) is 4.36. The number of carbonyl (C=O) groups excluding carboxylic acids is 2. The lowest BCUT2D eigenvalue weighted by Gasteiger charge is -2.24. The maximum absolute atomic E-state index is 13.0. The molecule has 8 heteroatoms. The highest BCUT2D eigenvalue weighted by Gasteiger charge is 2.44. The number of alkyl carbamates (subject to hydrolysis) is 1. The number of amides is 2. The van der Waals surface area contributed by atoms with Gasteiger partial charge in [0.15, 0.2) is 6.10 Å². The minimum absolute atomic E-state index is 0.0454. The molecule has 138 valence electrons. The third kappa shape index (κ3) is 4.24. The number of likely N-dealkylation sites (tertiary alicyclic amines) is 1. The van der Waals surface area contributed by atoms with E-state index in [0.29, 0.717) is 19.5 Å². The molecule has 2 aliphatic heterocycles. The van der Waals surface area contributed by atoms with Gasteiger partial charge in [0.05, 0.1) is 12.5 Å². The van der Waals surface area contributed by atoms with E-state index < -0.39 is 12.1 Å². The number of nitrogens with zero attached hydrogens (tertiary/aromatic N) is 2. The summed E-state index contributed by atoms with van der Waals surface area (Å²) in [6, 6.07) is 8.82. The van der Waals surface area contributed by atoms with Crippen LogP contribution in [0.2, 0.25) is 0 Å². The summed E-state index contributed by atoms with van der Waals surface area (Å²) in [7, 11) is 0. The summed E-state index contributed by atoms with van der Waals surface area (Å²) in [5.74, 6) is -0.119. The van der Waals surface area contributed by atoms with Gasteiger partial charge < -0.3 is 19.8 Å². The lowest BCUT2D eigenvalue weighted by Crippen LogP contribution is -2.49. The zero-order chi connectivity index (χ0) is 18.5. The normalized spacial score (nSPS) is 22.0. The molecule has 0 unspecified atom stereocenters. The molecule has 1 saturated heterocycles. The summed E-state index contributed by atoms with van der Waals surface area (Å²) in [6.07, 6.45) is 1.07. The highest BCUT2D eigenvalue weighted by molar-refractivity contribution is 9.18. The Morgan fingerprint density at radius 1 is 1.42 bits per heavy atom.